The van der Waals surface area contributed by atoms with Gasteiger partial charge in [0.1, 0.15) is 0 Å². The molecular weight excluding hydrogens is 270 g/mol. The SMILES string of the molecule is CC1(CNc2ncc(Cl)cc2[N+](=O)[O-])CCOCC1. The van der Waals surface area contributed by atoms with E-state index in [1.807, 2.05) is 0 Å². The minimum absolute atomic E-state index is 0.0768. The van der Waals surface area contributed by atoms with Crippen LogP contribution in [0.3, 0.4) is 0 Å². The van der Waals surface area contributed by atoms with Crippen molar-refractivity contribution in [3.63, 3.8) is 0 Å². The molecule has 1 aromatic rings. The third-order valence-electron chi connectivity index (χ3n) is 3.41. The van der Waals surface area contributed by atoms with Gasteiger partial charge in [0.15, 0.2) is 0 Å². The van der Waals surface area contributed by atoms with E-state index in [2.05, 4.69) is 17.2 Å². The summed E-state index contributed by atoms with van der Waals surface area (Å²) >= 11 is 5.73. The standard InChI is InChI=1S/C12H16ClN3O3/c1-12(2-4-19-5-3-12)8-15-11-10(16(17)18)6-9(13)7-14-11/h6-7H,2-5,8H2,1H3,(H,14,15). The van der Waals surface area contributed by atoms with E-state index in [4.69, 9.17) is 16.3 Å². The number of ether oxygens (including phenoxy) is 1. The predicted octanol–water partition coefficient (Wildman–Crippen LogP) is 2.87. The van der Waals surface area contributed by atoms with Crippen molar-refractivity contribution in [2.45, 2.75) is 19.8 Å². The molecule has 1 aromatic heterocycles. The highest BCUT2D eigenvalue weighted by molar-refractivity contribution is 6.30. The van der Waals surface area contributed by atoms with Crippen LogP contribution in [0, 0.1) is 15.5 Å². The fraction of sp³-hybridized carbons (Fsp3) is 0.583. The van der Waals surface area contributed by atoms with Crippen molar-refractivity contribution in [2.24, 2.45) is 5.41 Å². The van der Waals surface area contributed by atoms with Gasteiger partial charge in [0.25, 0.3) is 0 Å². The van der Waals surface area contributed by atoms with Crippen molar-refractivity contribution >= 4 is 23.1 Å². The van der Waals surface area contributed by atoms with E-state index < -0.39 is 4.92 Å². The Bertz CT molecular complexity index is 475. The van der Waals surface area contributed by atoms with E-state index in [1.165, 1.54) is 12.3 Å². The Morgan fingerprint density at radius 1 is 1.58 bits per heavy atom. The van der Waals surface area contributed by atoms with Crippen LogP contribution < -0.4 is 5.32 Å². The van der Waals surface area contributed by atoms with Crippen molar-refractivity contribution in [1.29, 1.82) is 0 Å². The summed E-state index contributed by atoms with van der Waals surface area (Å²) in [6, 6.07) is 1.31. The fourth-order valence-electron chi connectivity index (χ4n) is 2.04. The Balaban J connectivity index is 2.08. The molecule has 1 aliphatic heterocycles. The number of hydrogen-bond donors (Lipinski definition) is 1. The Labute approximate surface area is 116 Å². The van der Waals surface area contributed by atoms with Crippen molar-refractivity contribution in [2.75, 3.05) is 25.1 Å². The first kappa shape index (κ1) is 14.0. The van der Waals surface area contributed by atoms with Crippen LogP contribution in [0.5, 0.6) is 0 Å². The van der Waals surface area contributed by atoms with Gasteiger partial charge in [-0.2, -0.15) is 0 Å². The first-order valence-electron chi connectivity index (χ1n) is 6.12. The Morgan fingerprint density at radius 2 is 2.26 bits per heavy atom. The quantitative estimate of drug-likeness (QED) is 0.680. The number of nitrogens with zero attached hydrogens (tertiary/aromatic N) is 2. The van der Waals surface area contributed by atoms with Gasteiger partial charge in [-0.3, -0.25) is 10.1 Å². The van der Waals surface area contributed by atoms with E-state index in [1.54, 1.807) is 0 Å². The van der Waals surface area contributed by atoms with Crippen molar-refractivity contribution < 1.29 is 9.66 Å². The zero-order valence-electron chi connectivity index (χ0n) is 10.7. The molecule has 0 spiro atoms. The number of pyridine rings is 1. The number of hydrogen-bond acceptors (Lipinski definition) is 5. The smallest absolute Gasteiger partial charge is 0.312 e. The molecule has 1 aliphatic rings. The molecule has 6 nitrogen and oxygen atoms in total. The van der Waals surface area contributed by atoms with Gasteiger partial charge in [-0.25, -0.2) is 4.98 Å². The highest BCUT2D eigenvalue weighted by Gasteiger charge is 2.28. The topological polar surface area (TPSA) is 77.3 Å². The molecule has 19 heavy (non-hydrogen) atoms. The number of nitro groups is 1. The van der Waals surface area contributed by atoms with Crippen LogP contribution in [-0.4, -0.2) is 29.7 Å². The molecule has 0 amide bonds. The van der Waals surface area contributed by atoms with Crippen molar-refractivity contribution in [1.82, 2.24) is 4.98 Å². The lowest BCUT2D eigenvalue weighted by atomic mass is 9.82. The maximum atomic E-state index is 11.0. The number of nitrogens with one attached hydrogen (secondary N) is 1. The molecule has 0 aliphatic carbocycles. The van der Waals surface area contributed by atoms with Crippen LogP contribution in [0.4, 0.5) is 11.5 Å². The average molecular weight is 286 g/mol. The second-order valence-corrected chi connectivity index (χ2v) is 5.49. The molecule has 0 atom stereocenters. The summed E-state index contributed by atoms with van der Waals surface area (Å²) in [6.07, 6.45) is 3.27. The van der Waals surface area contributed by atoms with Crippen LogP contribution in [0.2, 0.25) is 5.02 Å². The van der Waals surface area contributed by atoms with Crippen LogP contribution >= 0.6 is 11.6 Å². The summed E-state index contributed by atoms with van der Waals surface area (Å²) in [5.41, 5.74) is -0.0175. The first-order chi connectivity index (χ1) is 9.00. The van der Waals surface area contributed by atoms with E-state index in [0.29, 0.717) is 6.54 Å². The summed E-state index contributed by atoms with van der Waals surface area (Å²) < 4.78 is 5.33. The third-order valence-corrected chi connectivity index (χ3v) is 3.62. The fourth-order valence-corrected chi connectivity index (χ4v) is 2.19. The second kappa shape index (κ2) is 5.71. The Kier molecular flexibility index (Phi) is 4.21. The normalized spacial score (nSPS) is 18.0. The van der Waals surface area contributed by atoms with Gasteiger partial charge in [0.05, 0.1) is 9.95 Å². The lowest BCUT2D eigenvalue weighted by Crippen LogP contribution is -2.33. The van der Waals surface area contributed by atoms with E-state index in [-0.39, 0.29) is 21.9 Å². The zero-order valence-corrected chi connectivity index (χ0v) is 11.4. The Hall–Kier alpha value is -1.40. The van der Waals surface area contributed by atoms with Gasteiger partial charge < -0.3 is 10.1 Å². The van der Waals surface area contributed by atoms with Gasteiger partial charge in [-0.1, -0.05) is 18.5 Å². The number of halogens is 1. The van der Waals surface area contributed by atoms with Crippen LogP contribution in [0.15, 0.2) is 12.3 Å². The second-order valence-electron chi connectivity index (χ2n) is 5.05. The van der Waals surface area contributed by atoms with E-state index >= 15 is 0 Å². The molecule has 104 valence electrons. The molecule has 0 saturated carbocycles. The Morgan fingerprint density at radius 3 is 2.89 bits per heavy atom. The maximum absolute atomic E-state index is 11.0. The molecule has 0 radical (unpaired) electrons. The van der Waals surface area contributed by atoms with Gasteiger partial charge in [-0.05, 0) is 18.3 Å². The highest BCUT2D eigenvalue weighted by atomic mass is 35.5. The minimum Gasteiger partial charge on any atom is -0.381 e. The largest absolute Gasteiger partial charge is 0.381 e. The van der Waals surface area contributed by atoms with Crippen LogP contribution in [0.1, 0.15) is 19.8 Å². The molecule has 0 unspecified atom stereocenters. The zero-order chi connectivity index (χ0) is 13.9. The molecule has 1 N–H and O–H groups in total. The van der Waals surface area contributed by atoms with Gasteiger partial charge in [0.2, 0.25) is 5.82 Å². The number of rotatable bonds is 4. The summed E-state index contributed by atoms with van der Waals surface area (Å²) in [5, 5.41) is 14.3. The van der Waals surface area contributed by atoms with Crippen molar-refractivity contribution in [3.8, 4) is 0 Å². The predicted molar refractivity (Wildman–Crippen MR) is 72.6 cm³/mol. The van der Waals surface area contributed by atoms with Gasteiger partial charge in [0, 0.05) is 32.0 Å². The summed E-state index contributed by atoms with van der Waals surface area (Å²) in [5.74, 6) is 0.266. The molecule has 2 heterocycles. The number of aromatic nitrogens is 1. The lowest BCUT2D eigenvalue weighted by molar-refractivity contribution is -0.384. The van der Waals surface area contributed by atoms with E-state index in [0.717, 1.165) is 26.1 Å². The highest BCUT2D eigenvalue weighted by Crippen LogP contribution is 2.31. The third kappa shape index (κ3) is 3.54. The summed E-state index contributed by atoms with van der Waals surface area (Å²) in [6.45, 7) is 4.23. The van der Waals surface area contributed by atoms with Gasteiger partial charge >= 0.3 is 5.69 Å². The first-order valence-corrected chi connectivity index (χ1v) is 6.50. The van der Waals surface area contributed by atoms with Crippen LogP contribution in [0.25, 0.3) is 0 Å². The molecule has 7 heteroatoms. The van der Waals surface area contributed by atoms with Crippen LogP contribution in [-0.2, 0) is 4.74 Å². The molecule has 1 fully saturated rings. The van der Waals surface area contributed by atoms with Crippen molar-refractivity contribution in [3.05, 3.63) is 27.4 Å². The maximum Gasteiger partial charge on any atom is 0.312 e. The number of anilines is 1. The molecular formula is C12H16ClN3O3. The minimum atomic E-state index is -0.479. The molecule has 0 aromatic carbocycles. The lowest BCUT2D eigenvalue weighted by Gasteiger charge is -2.33. The average Bonchev–Trinajstić information content (AvgIpc) is 2.38. The monoisotopic (exact) mass is 285 g/mol. The molecule has 0 bridgehead atoms. The molecule has 2 rings (SSSR count). The summed E-state index contributed by atoms with van der Waals surface area (Å²) in [7, 11) is 0. The van der Waals surface area contributed by atoms with E-state index in [9.17, 15) is 10.1 Å². The summed E-state index contributed by atoms with van der Waals surface area (Å²) in [4.78, 5) is 14.5. The molecule has 1 saturated heterocycles. The van der Waals surface area contributed by atoms with Gasteiger partial charge in [-0.15, -0.1) is 0 Å².